The summed E-state index contributed by atoms with van der Waals surface area (Å²) in [5.74, 6) is -0.730. The van der Waals surface area contributed by atoms with Gasteiger partial charge in [-0.1, -0.05) is 43.0 Å². The lowest BCUT2D eigenvalue weighted by atomic mass is 10.1. The summed E-state index contributed by atoms with van der Waals surface area (Å²) in [6, 6.07) is 13.4. The first-order chi connectivity index (χ1) is 14.3. The summed E-state index contributed by atoms with van der Waals surface area (Å²) in [5.41, 5.74) is 2.07. The normalized spacial score (nSPS) is 21.7. The molecule has 2 aromatic rings. The molecule has 4 rings (SSSR count). The van der Waals surface area contributed by atoms with Crippen molar-refractivity contribution >= 4 is 44.0 Å². The summed E-state index contributed by atoms with van der Waals surface area (Å²) in [5, 5.41) is 3.12. The molecule has 1 N–H and O–H groups in total. The Morgan fingerprint density at radius 2 is 1.93 bits per heavy atom. The lowest BCUT2D eigenvalue weighted by Crippen LogP contribution is -2.37. The third kappa shape index (κ3) is 4.52. The van der Waals surface area contributed by atoms with E-state index in [1.807, 2.05) is 24.3 Å². The number of carbonyl (C=O) groups is 1. The van der Waals surface area contributed by atoms with Gasteiger partial charge in [0.15, 0.2) is 15.0 Å². The van der Waals surface area contributed by atoms with Crippen LogP contribution in [0.15, 0.2) is 53.5 Å². The van der Waals surface area contributed by atoms with Crippen LogP contribution in [0.4, 0.5) is 15.8 Å². The Hall–Kier alpha value is -2.39. The molecule has 2 atom stereocenters. The predicted molar refractivity (Wildman–Crippen MR) is 119 cm³/mol. The van der Waals surface area contributed by atoms with Crippen LogP contribution in [0.2, 0.25) is 0 Å². The van der Waals surface area contributed by atoms with Gasteiger partial charge in [-0.2, -0.15) is 0 Å². The number of fused-ring (bicyclic) bond motifs is 1. The molecule has 0 bridgehead atoms. The van der Waals surface area contributed by atoms with Gasteiger partial charge < -0.3 is 10.2 Å². The average molecular weight is 448 g/mol. The van der Waals surface area contributed by atoms with Crippen LogP contribution >= 0.6 is 11.8 Å². The second kappa shape index (κ2) is 8.39. The molecule has 2 aliphatic rings. The largest absolute Gasteiger partial charge is 0.325 e. The molecule has 1 amide bonds. The Labute approximate surface area is 179 Å². The van der Waals surface area contributed by atoms with E-state index < -0.39 is 15.7 Å². The van der Waals surface area contributed by atoms with E-state index in [1.165, 1.54) is 28.3 Å². The molecular formula is C21H22FN3O3S2. The third-order valence-corrected chi connectivity index (χ3v) is 8.37. The number of nitrogens with one attached hydrogen (secondary N) is 1. The van der Waals surface area contributed by atoms with Gasteiger partial charge in [0.05, 0.1) is 23.2 Å². The van der Waals surface area contributed by atoms with Gasteiger partial charge in [-0.15, -0.1) is 0 Å². The Balaban J connectivity index is 1.55. The number of sulfone groups is 1. The van der Waals surface area contributed by atoms with Crippen LogP contribution in [-0.4, -0.2) is 48.8 Å². The van der Waals surface area contributed by atoms with Crippen molar-refractivity contribution in [1.82, 2.24) is 0 Å². The maximum absolute atomic E-state index is 14.5. The molecule has 2 unspecified atom stereocenters. The fraction of sp³-hybridized carbons (Fsp3) is 0.333. The topological polar surface area (TPSA) is 78.8 Å². The molecule has 2 heterocycles. The lowest BCUT2D eigenvalue weighted by molar-refractivity contribution is -0.114. The van der Waals surface area contributed by atoms with Gasteiger partial charge in [0.1, 0.15) is 12.4 Å². The zero-order valence-electron chi connectivity index (χ0n) is 16.4. The minimum absolute atomic E-state index is 0.00471. The van der Waals surface area contributed by atoms with Gasteiger partial charge in [-0.25, -0.2) is 12.8 Å². The molecule has 6 nitrogen and oxygen atoms in total. The van der Waals surface area contributed by atoms with Gasteiger partial charge in [0.25, 0.3) is 0 Å². The summed E-state index contributed by atoms with van der Waals surface area (Å²) in [7, 11) is -3.10. The summed E-state index contributed by atoms with van der Waals surface area (Å²) < 4.78 is 38.2. The highest BCUT2D eigenvalue weighted by atomic mass is 32.2. The summed E-state index contributed by atoms with van der Waals surface area (Å²) >= 11 is 1.30. The van der Waals surface area contributed by atoms with E-state index in [0.29, 0.717) is 10.9 Å². The van der Waals surface area contributed by atoms with Crippen molar-refractivity contribution in [3.8, 4) is 0 Å². The van der Waals surface area contributed by atoms with Gasteiger partial charge in [-0.05, 0) is 36.2 Å². The van der Waals surface area contributed by atoms with Crippen molar-refractivity contribution in [3.05, 3.63) is 59.9 Å². The lowest BCUT2D eigenvalue weighted by Gasteiger charge is -2.24. The first-order valence-corrected chi connectivity index (χ1v) is 12.4. The summed E-state index contributed by atoms with van der Waals surface area (Å²) in [4.78, 5) is 18.8. The van der Waals surface area contributed by atoms with Crippen LogP contribution in [0, 0.1) is 5.82 Å². The second-order valence-corrected chi connectivity index (χ2v) is 10.7. The average Bonchev–Trinajstić information content (AvgIpc) is 3.21. The summed E-state index contributed by atoms with van der Waals surface area (Å²) in [6.45, 7) is 1.93. The number of hydrogen-bond donors (Lipinski definition) is 1. The minimum Gasteiger partial charge on any atom is -0.325 e. The SMILES string of the molecule is CCc1ccc(NC(=O)CN(C2=NC3CS(=O)(=O)CC3S2)c2ccccc2F)cc1. The number of anilines is 2. The van der Waals surface area contributed by atoms with Crippen LogP contribution in [0.1, 0.15) is 12.5 Å². The highest BCUT2D eigenvalue weighted by Gasteiger charge is 2.44. The maximum atomic E-state index is 14.5. The van der Waals surface area contributed by atoms with Gasteiger partial charge in [-0.3, -0.25) is 9.79 Å². The molecule has 0 aliphatic carbocycles. The molecule has 0 aromatic heterocycles. The number of halogens is 1. The minimum atomic E-state index is -3.10. The Kier molecular flexibility index (Phi) is 5.84. The van der Waals surface area contributed by atoms with E-state index in [2.05, 4.69) is 17.2 Å². The third-order valence-electron chi connectivity index (χ3n) is 5.13. The van der Waals surface area contributed by atoms with E-state index in [-0.39, 0.29) is 40.9 Å². The predicted octanol–water partition coefficient (Wildman–Crippen LogP) is 3.10. The van der Waals surface area contributed by atoms with Crippen molar-refractivity contribution in [3.63, 3.8) is 0 Å². The number of nitrogens with zero attached hydrogens (tertiary/aromatic N) is 2. The molecule has 0 saturated carbocycles. The van der Waals surface area contributed by atoms with Crippen molar-refractivity contribution in [1.29, 1.82) is 0 Å². The number of thioether (sulfide) groups is 1. The van der Waals surface area contributed by atoms with E-state index in [4.69, 9.17) is 0 Å². The number of amides is 1. The molecule has 30 heavy (non-hydrogen) atoms. The number of amidine groups is 1. The number of hydrogen-bond acceptors (Lipinski definition) is 6. The van der Waals surface area contributed by atoms with Gasteiger partial charge in [0, 0.05) is 10.9 Å². The van der Waals surface area contributed by atoms with Crippen molar-refractivity contribution < 1.29 is 17.6 Å². The fourth-order valence-corrected chi connectivity index (χ4v) is 7.34. The molecule has 158 valence electrons. The van der Waals surface area contributed by atoms with Crippen molar-refractivity contribution in [2.75, 3.05) is 28.3 Å². The van der Waals surface area contributed by atoms with Crippen LogP contribution < -0.4 is 10.2 Å². The summed E-state index contributed by atoms with van der Waals surface area (Å²) in [6.07, 6.45) is 0.907. The Bertz CT molecular complexity index is 1090. The van der Waals surface area contributed by atoms with Crippen molar-refractivity contribution in [2.45, 2.75) is 24.6 Å². The highest BCUT2D eigenvalue weighted by molar-refractivity contribution is 8.15. The monoisotopic (exact) mass is 447 g/mol. The molecule has 0 spiro atoms. The zero-order valence-corrected chi connectivity index (χ0v) is 18.0. The standard InChI is InChI=1S/C21H22FN3O3S2/c1-2-14-7-9-15(10-8-14)23-20(26)11-25(18-6-4-3-5-16(18)22)21-24-17-12-30(27,28)13-19(17)29-21/h3-10,17,19H,2,11-13H2,1H3,(H,23,26). The number of aryl methyl sites for hydroxylation is 1. The van der Waals surface area contributed by atoms with Gasteiger partial charge >= 0.3 is 0 Å². The van der Waals surface area contributed by atoms with Crippen LogP contribution in [0.5, 0.6) is 0 Å². The van der Waals surface area contributed by atoms with E-state index in [0.717, 1.165) is 6.42 Å². The molecule has 1 fully saturated rings. The maximum Gasteiger partial charge on any atom is 0.244 e. The van der Waals surface area contributed by atoms with Crippen LogP contribution in [0.3, 0.4) is 0 Å². The second-order valence-electron chi connectivity index (χ2n) is 7.35. The van der Waals surface area contributed by atoms with E-state index in [9.17, 15) is 17.6 Å². The quantitative estimate of drug-likeness (QED) is 0.762. The fourth-order valence-electron chi connectivity index (χ4n) is 3.57. The van der Waals surface area contributed by atoms with Crippen LogP contribution in [-0.2, 0) is 21.1 Å². The van der Waals surface area contributed by atoms with Crippen LogP contribution in [0.25, 0.3) is 0 Å². The smallest absolute Gasteiger partial charge is 0.244 e. The number of para-hydroxylation sites is 1. The molecule has 0 radical (unpaired) electrons. The van der Waals surface area contributed by atoms with E-state index in [1.54, 1.807) is 18.2 Å². The Morgan fingerprint density at radius 1 is 1.20 bits per heavy atom. The zero-order chi connectivity index (χ0) is 21.3. The van der Waals surface area contributed by atoms with Gasteiger partial charge in [0.2, 0.25) is 5.91 Å². The Morgan fingerprint density at radius 3 is 2.60 bits per heavy atom. The highest BCUT2D eigenvalue weighted by Crippen LogP contribution is 2.37. The number of benzene rings is 2. The molecule has 2 aromatic carbocycles. The number of aliphatic imine (C=N–C) groups is 1. The van der Waals surface area contributed by atoms with Crippen molar-refractivity contribution in [2.24, 2.45) is 4.99 Å². The molecule has 9 heteroatoms. The first kappa shape index (κ1) is 20.9. The molecule has 1 saturated heterocycles. The molecular weight excluding hydrogens is 425 g/mol. The molecule has 2 aliphatic heterocycles. The number of rotatable bonds is 5. The number of carbonyl (C=O) groups excluding carboxylic acids is 1. The first-order valence-electron chi connectivity index (χ1n) is 9.70. The van der Waals surface area contributed by atoms with E-state index >= 15 is 0 Å².